The van der Waals surface area contributed by atoms with E-state index in [0.717, 1.165) is 29.5 Å². The number of hydrogen-bond donors (Lipinski definition) is 2. The Morgan fingerprint density at radius 2 is 2.22 bits per heavy atom. The van der Waals surface area contributed by atoms with Gasteiger partial charge in [0.05, 0.1) is 6.10 Å². The summed E-state index contributed by atoms with van der Waals surface area (Å²) in [6.45, 7) is 1.36. The molecule has 0 aromatic heterocycles. The van der Waals surface area contributed by atoms with Gasteiger partial charge in [0.15, 0.2) is 0 Å². The van der Waals surface area contributed by atoms with Crippen LogP contribution >= 0.6 is 15.9 Å². The maximum Gasteiger partial charge on any atom is 0.325 e. The molecule has 5 heteroatoms. The van der Waals surface area contributed by atoms with Crippen LogP contribution < -0.4 is 5.32 Å². The monoisotopic (exact) mass is 313 g/mol. The highest BCUT2D eigenvalue weighted by molar-refractivity contribution is 9.10. The van der Waals surface area contributed by atoms with E-state index in [1.165, 1.54) is 0 Å². The van der Waals surface area contributed by atoms with Gasteiger partial charge in [0.1, 0.15) is 6.04 Å². The Bertz CT molecular complexity index is 401. The zero-order valence-electron chi connectivity index (χ0n) is 9.93. The summed E-state index contributed by atoms with van der Waals surface area (Å²) in [4.78, 5) is 11.3. The highest BCUT2D eigenvalue weighted by Crippen LogP contribution is 2.18. The number of rotatable bonds is 5. The van der Waals surface area contributed by atoms with Crippen molar-refractivity contribution in [3.63, 3.8) is 0 Å². The molecule has 1 aromatic carbocycles. The minimum absolute atomic E-state index is 0.141. The van der Waals surface area contributed by atoms with Crippen molar-refractivity contribution in [1.82, 2.24) is 5.32 Å². The lowest BCUT2D eigenvalue weighted by Gasteiger charge is -2.17. The van der Waals surface area contributed by atoms with E-state index in [9.17, 15) is 9.90 Å². The van der Waals surface area contributed by atoms with Crippen LogP contribution in [0.15, 0.2) is 28.7 Å². The highest BCUT2D eigenvalue weighted by Gasteiger charge is 2.22. The van der Waals surface area contributed by atoms with Gasteiger partial charge in [-0.1, -0.05) is 28.1 Å². The number of carboxylic acids is 1. The SMILES string of the molecule is O=C(O)C(NCC1CCCO1)c1ccc(Br)cc1. The summed E-state index contributed by atoms with van der Waals surface area (Å²) in [5.41, 5.74) is 0.753. The van der Waals surface area contributed by atoms with Crippen molar-refractivity contribution < 1.29 is 14.6 Å². The number of halogens is 1. The van der Waals surface area contributed by atoms with E-state index in [1.54, 1.807) is 0 Å². The van der Waals surface area contributed by atoms with Gasteiger partial charge in [-0.3, -0.25) is 10.1 Å². The normalized spacial score (nSPS) is 20.8. The molecular weight excluding hydrogens is 298 g/mol. The van der Waals surface area contributed by atoms with E-state index in [4.69, 9.17) is 4.74 Å². The van der Waals surface area contributed by atoms with Gasteiger partial charge in [0.25, 0.3) is 0 Å². The van der Waals surface area contributed by atoms with E-state index >= 15 is 0 Å². The van der Waals surface area contributed by atoms with Crippen LogP contribution in [0.4, 0.5) is 0 Å². The summed E-state index contributed by atoms with van der Waals surface area (Å²) < 4.78 is 6.41. The van der Waals surface area contributed by atoms with E-state index < -0.39 is 12.0 Å². The van der Waals surface area contributed by atoms with Crippen molar-refractivity contribution >= 4 is 21.9 Å². The number of hydrogen-bond acceptors (Lipinski definition) is 3. The summed E-state index contributed by atoms with van der Waals surface area (Å²) in [5.74, 6) is -0.865. The van der Waals surface area contributed by atoms with Crippen molar-refractivity contribution in [1.29, 1.82) is 0 Å². The topological polar surface area (TPSA) is 58.6 Å². The molecule has 98 valence electrons. The summed E-state index contributed by atoms with van der Waals surface area (Å²) in [5, 5.41) is 12.3. The molecule has 18 heavy (non-hydrogen) atoms. The fourth-order valence-corrected chi connectivity index (χ4v) is 2.32. The van der Waals surface area contributed by atoms with Gasteiger partial charge in [0, 0.05) is 17.6 Å². The minimum Gasteiger partial charge on any atom is -0.480 e. The van der Waals surface area contributed by atoms with Crippen LogP contribution in [-0.4, -0.2) is 30.3 Å². The van der Waals surface area contributed by atoms with Gasteiger partial charge in [0.2, 0.25) is 0 Å². The summed E-state index contributed by atoms with van der Waals surface area (Å²) in [7, 11) is 0. The Balaban J connectivity index is 1.99. The lowest BCUT2D eigenvalue weighted by atomic mass is 10.1. The predicted octanol–water partition coefficient (Wildman–Crippen LogP) is 2.34. The Hall–Kier alpha value is -0.910. The van der Waals surface area contributed by atoms with Gasteiger partial charge in [-0.2, -0.15) is 0 Å². The van der Waals surface area contributed by atoms with Crippen LogP contribution in [0.25, 0.3) is 0 Å². The maximum absolute atomic E-state index is 11.3. The first-order valence-electron chi connectivity index (χ1n) is 6.00. The van der Waals surface area contributed by atoms with Crippen LogP contribution in [0.5, 0.6) is 0 Å². The molecule has 2 rings (SSSR count). The van der Waals surface area contributed by atoms with Crippen molar-refractivity contribution in [2.24, 2.45) is 0 Å². The Kier molecular flexibility index (Phi) is 4.74. The summed E-state index contributed by atoms with van der Waals surface area (Å²) in [6.07, 6.45) is 2.20. The highest BCUT2D eigenvalue weighted by atomic mass is 79.9. The number of benzene rings is 1. The third-order valence-electron chi connectivity index (χ3n) is 3.02. The third kappa shape index (κ3) is 3.54. The number of nitrogens with one attached hydrogen (secondary N) is 1. The number of carbonyl (C=O) groups is 1. The first-order valence-corrected chi connectivity index (χ1v) is 6.79. The van der Waals surface area contributed by atoms with Crippen LogP contribution in [0.1, 0.15) is 24.4 Å². The van der Waals surface area contributed by atoms with Crippen LogP contribution in [-0.2, 0) is 9.53 Å². The fraction of sp³-hybridized carbons (Fsp3) is 0.462. The zero-order valence-corrected chi connectivity index (χ0v) is 11.5. The van der Waals surface area contributed by atoms with Gasteiger partial charge >= 0.3 is 5.97 Å². The predicted molar refractivity (Wildman–Crippen MR) is 71.5 cm³/mol. The van der Waals surface area contributed by atoms with Crippen LogP contribution in [0.2, 0.25) is 0 Å². The van der Waals surface area contributed by atoms with E-state index in [2.05, 4.69) is 21.2 Å². The maximum atomic E-state index is 11.3. The smallest absolute Gasteiger partial charge is 0.325 e. The largest absolute Gasteiger partial charge is 0.480 e. The molecule has 2 unspecified atom stereocenters. The van der Waals surface area contributed by atoms with Crippen molar-refractivity contribution in [3.05, 3.63) is 34.3 Å². The lowest BCUT2D eigenvalue weighted by Crippen LogP contribution is -2.34. The molecule has 1 aromatic rings. The molecule has 0 radical (unpaired) electrons. The minimum atomic E-state index is -0.865. The number of ether oxygens (including phenoxy) is 1. The van der Waals surface area contributed by atoms with Gasteiger partial charge in [-0.05, 0) is 30.5 Å². The molecule has 2 atom stereocenters. The molecule has 0 saturated carbocycles. The molecular formula is C13H16BrNO3. The second kappa shape index (κ2) is 6.31. The van der Waals surface area contributed by atoms with Gasteiger partial charge < -0.3 is 9.84 Å². The molecule has 1 saturated heterocycles. The molecule has 0 spiro atoms. The summed E-state index contributed by atoms with van der Waals surface area (Å²) in [6, 6.07) is 6.64. The molecule has 0 bridgehead atoms. The zero-order chi connectivity index (χ0) is 13.0. The lowest BCUT2D eigenvalue weighted by molar-refractivity contribution is -0.139. The van der Waals surface area contributed by atoms with Crippen LogP contribution in [0.3, 0.4) is 0 Å². The average molecular weight is 314 g/mol. The molecule has 0 amide bonds. The Labute approximate surface area is 114 Å². The molecule has 1 aliphatic heterocycles. The van der Waals surface area contributed by atoms with Gasteiger partial charge in [-0.25, -0.2) is 0 Å². The average Bonchev–Trinajstić information content (AvgIpc) is 2.84. The molecule has 4 nitrogen and oxygen atoms in total. The Morgan fingerprint density at radius 3 is 2.78 bits per heavy atom. The molecule has 2 N–H and O–H groups in total. The number of aliphatic carboxylic acids is 1. The number of carboxylic acid groups (broad SMARTS) is 1. The van der Waals surface area contributed by atoms with E-state index in [0.29, 0.717) is 6.54 Å². The molecule has 1 fully saturated rings. The fourth-order valence-electron chi connectivity index (χ4n) is 2.06. The van der Waals surface area contributed by atoms with E-state index in [1.807, 2.05) is 24.3 Å². The first-order chi connectivity index (χ1) is 8.66. The second-order valence-electron chi connectivity index (χ2n) is 4.37. The third-order valence-corrected chi connectivity index (χ3v) is 3.55. The van der Waals surface area contributed by atoms with Crippen molar-refractivity contribution in [2.45, 2.75) is 25.0 Å². The molecule has 0 aliphatic carbocycles. The first kappa shape index (κ1) is 13.5. The van der Waals surface area contributed by atoms with Gasteiger partial charge in [-0.15, -0.1) is 0 Å². The Morgan fingerprint density at radius 1 is 1.50 bits per heavy atom. The summed E-state index contributed by atoms with van der Waals surface area (Å²) >= 11 is 3.34. The van der Waals surface area contributed by atoms with Crippen LogP contribution in [0, 0.1) is 0 Å². The van der Waals surface area contributed by atoms with E-state index in [-0.39, 0.29) is 6.10 Å². The molecule has 1 aliphatic rings. The van der Waals surface area contributed by atoms with Crippen molar-refractivity contribution in [2.75, 3.05) is 13.2 Å². The van der Waals surface area contributed by atoms with Crippen molar-refractivity contribution in [3.8, 4) is 0 Å². The molecule has 1 heterocycles. The quantitative estimate of drug-likeness (QED) is 0.876. The second-order valence-corrected chi connectivity index (χ2v) is 5.28. The standard InChI is InChI=1S/C13H16BrNO3/c14-10-5-3-9(4-6-10)12(13(16)17)15-8-11-2-1-7-18-11/h3-6,11-12,15H,1-2,7-8H2,(H,16,17).